The summed E-state index contributed by atoms with van der Waals surface area (Å²) in [7, 11) is -2.85. The number of rotatable bonds is 8. The highest BCUT2D eigenvalue weighted by atomic mass is 79.9. The van der Waals surface area contributed by atoms with Gasteiger partial charge in [-0.25, -0.2) is 12.8 Å². The van der Waals surface area contributed by atoms with Crippen LogP contribution in [0.25, 0.3) is 0 Å². The predicted molar refractivity (Wildman–Crippen MR) is 158 cm³/mol. The Balaban J connectivity index is 0.00000106. The molecule has 17 heteroatoms. The lowest BCUT2D eigenvalue weighted by Crippen LogP contribution is -2.27. The molecule has 0 aliphatic rings. The summed E-state index contributed by atoms with van der Waals surface area (Å²) >= 11 is 9.13. The van der Waals surface area contributed by atoms with E-state index in [1.54, 1.807) is 20.8 Å². The number of halogens is 6. The van der Waals surface area contributed by atoms with Crippen molar-refractivity contribution in [2.24, 2.45) is 9.54 Å². The fourth-order valence-electron chi connectivity index (χ4n) is 2.68. The minimum Gasteiger partial charge on any atom is -0.405 e. The second-order valence-electron chi connectivity index (χ2n) is 10.2. The molecule has 0 heterocycles. The van der Waals surface area contributed by atoms with E-state index in [0.29, 0.717) is 6.07 Å². The average Bonchev–Trinajstić information content (AvgIpc) is 2.78. The smallest absolute Gasteiger partial charge is 0.405 e. The zero-order valence-electron chi connectivity index (χ0n) is 22.8. The highest BCUT2D eigenvalue weighted by Gasteiger charge is 2.34. The molecule has 0 aliphatic carbocycles. The molecule has 0 saturated carbocycles. The van der Waals surface area contributed by atoms with Gasteiger partial charge in [0.15, 0.2) is 0 Å². The summed E-state index contributed by atoms with van der Waals surface area (Å²) in [5.74, 6) is -1.55. The van der Waals surface area contributed by atoms with E-state index in [0.717, 1.165) is 12.1 Å². The van der Waals surface area contributed by atoms with Gasteiger partial charge in [-0.3, -0.25) is 15.3 Å². The zero-order valence-corrected chi connectivity index (χ0v) is 26.8. The number of hydrogen-bond acceptors (Lipinski definition) is 6. The standard InChI is InChI=1S/C20H19BrClF4N3O4S.C4H11NOS/c1-19(2,3)34(32)27-8-7-14(18-12(22)5-4-6-17(18)33-20(24,25)26)28-15-9-11(21)13(23)10-16(15)29(30)31;1-4(2,3)7(5)6/h4-6,8-10,14,28H,7H2,1-3H3;5H2,1-3H3/t14-,34-;7-/m11/s1. The van der Waals surface area contributed by atoms with Crippen LogP contribution in [0.2, 0.25) is 5.02 Å². The molecule has 0 spiro atoms. The third kappa shape index (κ3) is 12.3. The van der Waals surface area contributed by atoms with Gasteiger partial charge in [-0.15, -0.1) is 13.2 Å². The molecule has 0 saturated heterocycles. The van der Waals surface area contributed by atoms with Crippen LogP contribution in [-0.2, 0) is 22.0 Å². The molecule has 2 aromatic rings. The molecule has 0 bridgehead atoms. The summed E-state index contributed by atoms with van der Waals surface area (Å²) in [4.78, 5) is 10.6. The Morgan fingerprint density at radius 1 is 1.17 bits per heavy atom. The Morgan fingerprint density at radius 2 is 1.73 bits per heavy atom. The molecule has 0 amide bonds. The van der Waals surface area contributed by atoms with Gasteiger partial charge in [0.1, 0.15) is 28.2 Å². The molecule has 0 unspecified atom stereocenters. The van der Waals surface area contributed by atoms with E-state index in [-0.39, 0.29) is 31.9 Å². The first kappa shape index (κ1) is 36.9. The topological polar surface area (TPSA) is 137 Å². The lowest BCUT2D eigenvalue weighted by molar-refractivity contribution is -0.384. The molecular formula is C24H30BrClF4N4O5S2. The molecule has 0 aliphatic heterocycles. The van der Waals surface area contributed by atoms with Gasteiger partial charge >= 0.3 is 6.36 Å². The van der Waals surface area contributed by atoms with E-state index in [4.69, 9.17) is 16.7 Å². The van der Waals surface area contributed by atoms with Crippen molar-refractivity contribution in [1.82, 2.24) is 0 Å². The largest absolute Gasteiger partial charge is 0.573 e. The molecule has 0 radical (unpaired) electrons. The monoisotopic (exact) mass is 708 g/mol. The van der Waals surface area contributed by atoms with Crippen LogP contribution in [-0.4, -0.2) is 35.4 Å². The Kier molecular flexibility index (Phi) is 13.4. The third-order valence-electron chi connectivity index (χ3n) is 4.79. The first-order valence-electron chi connectivity index (χ1n) is 11.6. The summed E-state index contributed by atoms with van der Waals surface area (Å²) in [6.45, 7) is 10.5. The van der Waals surface area contributed by atoms with Crippen LogP contribution in [0.4, 0.5) is 28.9 Å². The number of nitrogens with two attached hydrogens (primary N) is 1. The predicted octanol–water partition coefficient (Wildman–Crippen LogP) is 7.53. The number of nitro groups is 1. The maximum atomic E-state index is 13.9. The van der Waals surface area contributed by atoms with E-state index in [1.807, 2.05) is 20.8 Å². The molecule has 2 rings (SSSR count). The van der Waals surface area contributed by atoms with Crippen molar-refractivity contribution in [2.75, 3.05) is 5.32 Å². The van der Waals surface area contributed by atoms with Crippen LogP contribution < -0.4 is 15.2 Å². The maximum Gasteiger partial charge on any atom is 0.573 e. The summed E-state index contributed by atoms with van der Waals surface area (Å²) in [5.41, 5.74) is -1.04. The van der Waals surface area contributed by atoms with Gasteiger partial charge in [0.25, 0.3) is 5.69 Å². The quantitative estimate of drug-likeness (QED) is 0.126. The van der Waals surface area contributed by atoms with Crippen LogP contribution in [0, 0.1) is 15.9 Å². The molecule has 230 valence electrons. The number of anilines is 1. The Labute approximate surface area is 253 Å². The zero-order chi connectivity index (χ0) is 31.9. The maximum absolute atomic E-state index is 13.9. The molecule has 9 nitrogen and oxygen atoms in total. The second-order valence-corrected chi connectivity index (χ2v) is 15.2. The molecule has 2 aromatic carbocycles. The average molecular weight is 710 g/mol. The van der Waals surface area contributed by atoms with Crippen molar-refractivity contribution in [1.29, 1.82) is 0 Å². The van der Waals surface area contributed by atoms with E-state index in [2.05, 4.69) is 30.4 Å². The highest BCUT2D eigenvalue weighted by molar-refractivity contribution is 9.10. The van der Waals surface area contributed by atoms with Crippen molar-refractivity contribution in [3.8, 4) is 5.75 Å². The number of nitro benzene ring substituents is 1. The summed E-state index contributed by atoms with van der Waals surface area (Å²) < 4.78 is 82.5. The number of alkyl halides is 3. The van der Waals surface area contributed by atoms with Gasteiger partial charge in [0.05, 0.1) is 42.0 Å². The summed E-state index contributed by atoms with van der Waals surface area (Å²) in [5, 5.41) is 19.1. The molecule has 0 aromatic heterocycles. The number of ether oxygens (including phenoxy) is 1. The van der Waals surface area contributed by atoms with E-state index in [9.17, 15) is 36.1 Å². The van der Waals surface area contributed by atoms with Gasteiger partial charge in [-0.2, -0.15) is 4.40 Å². The Morgan fingerprint density at radius 3 is 2.20 bits per heavy atom. The van der Waals surface area contributed by atoms with Crippen molar-refractivity contribution in [2.45, 2.75) is 69.9 Å². The van der Waals surface area contributed by atoms with Crippen LogP contribution in [0.3, 0.4) is 0 Å². The lowest BCUT2D eigenvalue weighted by atomic mass is 10.0. The van der Waals surface area contributed by atoms with Crippen LogP contribution in [0.15, 0.2) is 39.2 Å². The van der Waals surface area contributed by atoms with Crippen molar-refractivity contribution in [3.05, 3.63) is 61.3 Å². The van der Waals surface area contributed by atoms with Crippen molar-refractivity contribution in [3.63, 3.8) is 0 Å². The number of hydrogen-bond donors (Lipinski definition) is 2. The Bertz CT molecular complexity index is 1320. The minimum atomic E-state index is -5.04. The van der Waals surface area contributed by atoms with E-state index in [1.165, 1.54) is 18.3 Å². The first-order chi connectivity index (χ1) is 18.5. The van der Waals surface area contributed by atoms with Gasteiger partial charge in [0, 0.05) is 23.2 Å². The number of nitrogens with zero attached hydrogens (tertiary/aromatic N) is 2. The van der Waals surface area contributed by atoms with Crippen LogP contribution >= 0.6 is 27.5 Å². The second kappa shape index (κ2) is 14.8. The van der Waals surface area contributed by atoms with Crippen molar-refractivity contribution < 1.29 is 35.6 Å². The van der Waals surface area contributed by atoms with Gasteiger partial charge in [-0.05, 0) is 75.7 Å². The summed E-state index contributed by atoms with van der Waals surface area (Å²) in [6.07, 6.45) is -4.02. The van der Waals surface area contributed by atoms with Gasteiger partial charge < -0.3 is 10.1 Å². The van der Waals surface area contributed by atoms with Gasteiger partial charge in [-0.1, -0.05) is 17.7 Å². The highest BCUT2D eigenvalue weighted by Crippen LogP contribution is 2.40. The van der Waals surface area contributed by atoms with Crippen LogP contribution in [0.5, 0.6) is 5.75 Å². The fraction of sp³-hybridized carbons (Fsp3) is 0.458. The molecule has 41 heavy (non-hydrogen) atoms. The van der Waals surface area contributed by atoms with Crippen molar-refractivity contribution >= 4 is 67.1 Å². The SMILES string of the molecule is CC(C)(C)[S@@](=O)N=CC[C@@H](Nc1cc(Br)c(F)cc1[N+](=O)[O-])c1c(Cl)cccc1OC(F)(F)F.CC(C)(C)[S@](N)=O. The molecule has 3 atom stereocenters. The minimum absolute atomic E-state index is 0.118. The van der Waals surface area contributed by atoms with Gasteiger partial charge in [0.2, 0.25) is 0 Å². The number of nitrogens with one attached hydrogen (secondary N) is 1. The summed E-state index contributed by atoms with van der Waals surface area (Å²) in [6, 6.07) is 4.15. The Hall–Kier alpha value is -2.14. The molecule has 3 N–H and O–H groups in total. The van der Waals surface area contributed by atoms with Crippen LogP contribution in [0.1, 0.15) is 59.6 Å². The number of benzene rings is 2. The lowest BCUT2D eigenvalue weighted by Gasteiger charge is -2.23. The van der Waals surface area contributed by atoms with E-state index >= 15 is 0 Å². The normalized spacial score (nSPS) is 14.6. The van der Waals surface area contributed by atoms with E-state index < -0.39 is 61.3 Å². The first-order valence-corrected chi connectivity index (χ1v) is 15.1. The third-order valence-corrected chi connectivity index (χ3v) is 8.32. The molecular weight excluding hydrogens is 680 g/mol. The molecule has 0 fully saturated rings. The fourth-order valence-corrected chi connectivity index (χ4v) is 3.86.